The summed E-state index contributed by atoms with van der Waals surface area (Å²) in [6.45, 7) is 6.14. The molecule has 1 amide bonds. The van der Waals surface area contributed by atoms with Crippen molar-refractivity contribution < 1.29 is 4.79 Å². The standard InChI is InChI=1S/C9H16N2O/c1-2-9(12)11-5-7-3-10-4-8(7)6-11/h7-8,10H,2-6H2,1H3/t7-,8+. The topological polar surface area (TPSA) is 32.3 Å². The summed E-state index contributed by atoms with van der Waals surface area (Å²) in [5, 5.41) is 3.36. The van der Waals surface area contributed by atoms with E-state index in [1.165, 1.54) is 0 Å². The van der Waals surface area contributed by atoms with Crippen molar-refractivity contribution in [3.8, 4) is 0 Å². The van der Waals surface area contributed by atoms with Crippen molar-refractivity contribution in [3.63, 3.8) is 0 Å². The third kappa shape index (κ3) is 1.22. The van der Waals surface area contributed by atoms with E-state index in [-0.39, 0.29) is 0 Å². The third-order valence-electron chi connectivity index (χ3n) is 3.04. The van der Waals surface area contributed by atoms with E-state index >= 15 is 0 Å². The van der Waals surface area contributed by atoms with Gasteiger partial charge < -0.3 is 10.2 Å². The predicted molar refractivity (Wildman–Crippen MR) is 46.7 cm³/mol. The number of hydrogen-bond acceptors (Lipinski definition) is 2. The Hall–Kier alpha value is -0.570. The summed E-state index contributed by atoms with van der Waals surface area (Å²) in [4.78, 5) is 13.4. The summed E-state index contributed by atoms with van der Waals surface area (Å²) in [6, 6.07) is 0. The van der Waals surface area contributed by atoms with Crippen LogP contribution in [0, 0.1) is 11.8 Å². The van der Waals surface area contributed by atoms with E-state index in [1.54, 1.807) is 0 Å². The second kappa shape index (κ2) is 3.05. The first-order chi connectivity index (χ1) is 5.81. The van der Waals surface area contributed by atoms with Gasteiger partial charge in [-0.15, -0.1) is 0 Å². The van der Waals surface area contributed by atoms with Crippen LogP contribution in [0.3, 0.4) is 0 Å². The molecule has 0 aromatic rings. The largest absolute Gasteiger partial charge is 0.342 e. The summed E-state index contributed by atoms with van der Waals surface area (Å²) < 4.78 is 0. The summed E-state index contributed by atoms with van der Waals surface area (Å²) in [5.74, 6) is 1.80. The van der Waals surface area contributed by atoms with Crippen LogP contribution in [0.4, 0.5) is 0 Å². The Morgan fingerprint density at radius 3 is 2.50 bits per heavy atom. The van der Waals surface area contributed by atoms with Gasteiger partial charge in [-0.25, -0.2) is 0 Å². The Morgan fingerprint density at radius 2 is 2.00 bits per heavy atom. The normalized spacial score (nSPS) is 33.9. The molecule has 2 aliphatic heterocycles. The summed E-state index contributed by atoms with van der Waals surface area (Å²) in [5.41, 5.74) is 0. The van der Waals surface area contributed by atoms with Crippen LogP contribution in [0.15, 0.2) is 0 Å². The lowest BCUT2D eigenvalue weighted by Gasteiger charge is -2.15. The lowest BCUT2D eigenvalue weighted by molar-refractivity contribution is -0.130. The van der Waals surface area contributed by atoms with Gasteiger partial charge in [0.2, 0.25) is 5.91 Å². The van der Waals surface area contributed by atoms with Crippen LogP contribution in [-0.4, -0.2) is 37.0 Å². The average molecular weight is 168 g/mol. The second-order valence-corrected chi connectivity index (χ2v) is 3.83. The van der Waals surface area contributed by atoms with E-state index in [4.69, 9.17) is 0 Å². The van der Waals surface area contributed by atoms with Gasteiger partial charge in [0, 0.05) is 32.6 Å². The molecule has 2 fully saturated rings. The van der Waals surface area contributed by atoms with Crippen LogP contribution in [-0.2, 0) is 4.79 Å². The molecule has 2 heterocycles. The van der Waals surface area contributed by atoms with Crippen LogP contribution in [0.5, 0.6) is 0 Å². The van der Waals surface area contributed by atoms with E-state index in [2.05, 4.69) is 5.32 Å². The molecule has 68 valence electrons. The maximum atomic E-state index is 11.4. The zero-order valence-electron chi connectivity index (χ0n) is 7.55. The van der Waals surface area contributed by atoms with Crippen LogP contribution < -0.4 is 5.32 Å². The van der Waals surface area contributed by atoms with Crippen molar-refractivity contribution in [3.05, 3.63) is 0 Å². The van der Waals surface area contributed by atoms with Crippen molar-refractivity contribution in [2.45, 2.75) is 13.3 Å². The number of rotatable bonds is 1. The van der Waals surface area contributed by atoms with Gasteiger partial charge >= 0.3 is 0 Å². The van der Waals surface area contributed by atoms with Crippen molar-refractivity contribution in [1.82, 2.24) is 10.2 Å². The molecule has 3 nitrogen and oxygen atoms in total. The molecule has 2 saturated heterocycles. The lowest BCUT2D eigenvalue weighted by Crippen LogP contribution is -2.31. The summed E-state index contributed by atoms with van der Waals surface area (Å²) in [7, 11) is 0. The minimum atomic E-state index is 0.324. The Morgan fingerprint density at radius 1 is 1.42 bits per heavy atom. The molecule has 0 unspecified atom stereocenters. The maximum absolute atomic E-state index is 11.4. The molecule has 2 atom stereocenters. The van der Waals surface area contributed by atoms with Crippen LogP contribution in [0.25, 0.3) is 0 Å². The van der Waals surface area contributed by atoms with Crippen LogP contribution in [0.1, 0.15) is 13.3 Å². The molecule has 0 aromatic carbocycles. The van der Waals surface area contributed by atoms with E-state index in [9.17, 15) is 4.79 Å². The molecule has 1 N–H and O–H groups in total. The molecule has 12 heavy (non-hydrogen) atoms. The zero-order valence-corrected chi connectivity index (χ0v) is 7.55. The van der Waals surface area contributed by atoms with Crippen LogP contribution >= 0.6 is 0 Å². The first-order valence-electron chi connectivity index (χ1n) is 4.79. The molecule has 3 heteroatoms. The number of hydrogen-bond donors (Lipinski definition) is 1. The summed E-state index contributed by atoms with van der Waals surface area (Å²) >= 11 is 0. The molecule has 0 bridgehead atoms. The minimum absolute atomic E-state index is 0.324. The number of nitrogens with one attached hydrogen (secondary N) is 1. The third-order valence-corrected chi connectivity index (χ3v) is 3.04. The Balaban J connectivity index is 1.94. The predicted octanol–water partition coefficient (Wildman–Crippen LogP) is 0.0742. The minimum Gasteiger partial charge on any atom is -0.342 e. The van der Waals surface area contributed by atoms with Gasteiger partial charge in [0.15, 0.2) is 0 Å². The highest BCUT2D eigenvalue weighted by atomic mass is 16.2. The van der Waals surface area contributed by atoms with Gasteiger partial charge in [0.25, 0.3) is 0 Å². The highest BCUT2D eigenvalue weighted by molar-refractivity contribution is 5.76. The monoisotopic (exact) mass is 168 g/mol. The van der Waals surface area contributed by atoms with E-state index in [0.29, 0.717) is 12.3 Å². The smallest absolute Gasteiger partial charge is 0.222 e. The van der Waals surface area contributed by atoms with Crippen molar-refractivity contribution >= 4 is 5.91 Å². The highest BCUT2D eigenvalue weighted by Crippen LogP contribution is 2.26. The molecule has 0 radical (unpaired) electrons. The fourth-order valence-electron chi connectivity index (χ4n) is 2.28. The van der Waals surface area contributed by atoms with Crippen molar-refractivity contribution in [2.75, 3.05) is 26.2 Å². The maximum Gasteiger partial charge on any atom is 0.222 e. The first-order valence-corrected chi connectivity index (χ1v) is 4.79. The number of carbonyl (C=O) groups is 1. The van der Waals surface area contributed by atoms with E-state index < -0.39 is 0 Å². The lowest BCUT2D eigenvalue weighted by atomic mass is 10.0. The average Bonchev–Trinajstić information content (AvgIpc) is 2.60. The number of nitrogens with zero attached hydrogens (tertiary/aromatic N) is 1. The molecular weight excluding hydrogens is 152 g/mol. The van der Waals surface area contributed by atoms with Gasteiger partial charge in [-0.3, -0.25) is 4.79 Å². The number of amides is 1. The second-order valence-electron chi connectivity index (χ2n) is 3.83. The molecule has 0 saturated carbocycles. The summed E-state index contributed by atoms with van der Waals surface area (Å²) in [6.07, 6.45) is 0.660. The Kier molecular flexibility index (Phi) is 2.05. The molecule has 0 aliphatic carbocycles. The highest BCUT2D eigenvalue weighted by Gasteiger charge is 2.37. The van der Waals surface area contributed by atoms with Crippen molar-refractivity contribution in [2.24, 2.45) is 11.8 Å². The molecule has 2 rings (SSSR count). The van der Waals surface area contributed by atoms with Crippen LogP contribution in [0.2, 0.25) is 0 Å². The Bertz CT molecular complexity index is 181. The fraction of sp³-hybridized carbons (Fsp3) is 0.889. The molecular formula is C9H16N2O. The van der Waals surface area contributed by atoms with Gasteiger partial charge in [-0.2, -0.15) is 0 Å². The van der Waals surface area contributed by atoms with Gasteiger partial charge in [0.1, 0.15) is 0 Å². The molecule has 0 aromatic heterocycles. The first kappa shape index (κ1) is 8.05. The molecule has 2 aliphatic rings. The van der Waals surface area contributed by atoms with Gasteiger partial charge in [-0.05, 0) is 11.8 Å². The van der Waals surface area contributed by atoms with Gasteiger partial charge in [-0.1, -0.05) is 6.92 Å². The van der Waals surface area contributed by atoms with Gasteiger partial charge in [0.05, 0.1) is 0 Å². The van der Waals surface area contributed by atoms with E-state index in [1.807, 2.05) is 11.8 Å². The fourth-order valence-corrected chi connectivity index (χ4v) is 2.28. The number of fused-ring (bicyclic) bond motifs is 1. The molecule has 0 spiro atoms. The number of carbonyl (C=O) groups excluding carboxylic acids is 1. The zero-order chi connectivity index (χ0) is 8.55. The number of likely N-dealkylation sites (tertiary alicyclic amines) is 1. The Labute approximate surface area is 73.1 Å². The van der Waals surface area contributed by atoms with Crippen molar-refractivity contribution in [1.29, 1.82) is 0 Å². The quantitative estimate of drug-likeness (QED) is 0.601. The SMILES string of the molecule is CCC(=O)N1C[C@H]2CNC[C@H]2C1. The van der Waals surface area contributed by atoms with E-state index in [0.717, 1.165) is 38.0 Å².